The van der Waals surface area contributed by atoms with E-state index in [0.717, 1.165) is 19.4 Å². The Morgan fingerprint density at radius 3 is 2.14 bits per heavy atom. The summed E-state index contributed by atoms with van der Waals surface area (Å²) in [5.41, 5.74) is 6.93. The van der Waals surface area contributed by atoms with Crippen molar-refractivity contribution in [1.82, 2.24) is 0 Å². The largest absolute Gasteiger partial charge is 0.369 e. The van der Waals surface area contributed by atoms with Crippen molar-refractivity contribution in [2.75, 3.05) is 6.61 Å². The summed E-state index contributed by atoms with van der Waals surface area (Å²) in [6.45, 7) is 10.2. The van der Waals surface area contributed by atoms with E-state index in [1.54, 1.807) is 0 Å². The van der Waals surface area contributed by atoms with Gasteiger partial charge in [0.25, 0.3) is 0 Å². The summed E-state index contributed by atoms with van der Waals surface area (Å²) in [7, 11) is 0. The van der Waals surface area contributed by atoms with E-state index in [1.165, 1.54) is 6.42 Å². The third-order valence-electron chi connectivity index (χ3n) is 4.25. The topological polar surface area (TPSA) is 38.5 Å². The lowest BCUT2D eigenvalue weighted by Crippen LogP contribution is -2.48. The summed E-state index contributed by atoms with van der Waals surface area (Å²) in [5.74, 6) is 0. The van der Waals surface area contributed by atoms with Crippen LogP contribution in [0.15, 0.2) is 0 Å². The van der Waals surface area contributed by atoms with Gasteiger partial charge in [-0.15, -0.1) is 0 Å². The average Bonchev–Trinajstić information content (AvgIpc) is 2.62. The second-order valence-corrected chi connectivity index (χ2v) is 6.59. The highest BCUT2D eigenvalue weighted by Crippen LogP contribution is 2.56. The highest BCUT2D eigenvalue weighted by atomic mass is 16.6. The maximum atomic E-state index is 6.15. The van der Waals surface area contributed by atoms with Gasteiger partial charge >= 0.3 is 0 Å². The molecule has 1 aliphatic heterocycles. The maximum absolute atomic E-state index is 6.15. The lowest BCUT2D eigenvalue weighted by Gasteiger charge is -2.47. The van der Waals surface area contributed by atoms with E-state index in [-0.39, 0.29) is 11.0 Å². The molecule has 1 saturated carbocycles. The first kappa shape index (κ1) is 10.4. The Morgan fingerprint density at radius 2 is 1.71 bits per heavy atom. The van der Waals surface area contributed by atoms with E-state index >= 15 is 0 Å². The van der Waals surface area contributed by atoms with E-state index in [4.69, 9.17) is 10.5 Å². The van der Waals surface area contributed by atoms with E-state index in [9.17, 15) is 0 Å². The van der Waals surface area contributed by atoms with Gasteiger partial charge in [0.2, 0.25) is 0 Å². The number of nitrogens with two attached hydrogens (primary N) is 1. The van der Waals surface area contributed by atoms with Gasteiger partial charge in [-0.1, -0.05) is 20.8 Å². The highest BCUT2D eigenvalue weighted by Gasteiger charge is 2.58. The van der Waals surface area contributed by atoms with Crippen LogP contribution in [0.2, 0.25) is 0 Å². The molecule has 0 spiro atoms. The molecule has 3 unspecified atom stereocenters. The molecule has 0 aromatic rings. The second-order valence-electron chi connectivity index (χ2n) is 6.59. The van der Waals surface area contributed by atoms with Crippen LogP contribution in [-0.4, -0.2) is 18.2 Å². The molecule has 0 aromatic heterocycles. The molecule has 2 aliphatic rings. The smallest absolute Gasteiger partial charge is 0.0942 e. The first-order chi connectivity index (χ1) is 6.27. The van der Waals surface area contributed by atoms with Crippen molar-refractivity contribution in [1.29, 1.82) is 0 Å². The minimum atomic E-state index is 0.113. The van der Waals surface area contributed by atoms with E-state index < -0.39 is 0 Å². The van der Waals surface area contributed by atoms with Crippen LogP contribution in [0.4, 0.5) is 0 Å². The predicted molar refractivity (Wildman–Crippen MR) is 58.1 cm³/mol. The van der Waals surface area contributed by atoms with Crippen LogP contribution < -0.4 is 5.73 Å². The zero-order valence-electron chi connectivity index (χ0n) is 9.89. The summed E-state index contributed by atoms with van der Waals surface area (Å²) in [6.07, 6.45) is 3.51. The molecule has 1 saturated heterocycles. The van der Waals surface area contributed by atoms with Gasteiger partial charge in [-0.25, -0.2) is 0 Å². The van der Waals surface area contributed by atoms with Gasteiger partial charge < -0.3 is 10.5 Å². The van der Waals surface area contributed by atoms with Crippen molar-refractivity contribution in [3.8, 4) is 0 Å². The van der Waals surface area contributed by atoms with Crippen molar-refractivity contribution in [3.63, 3.8) is 0 Å². The van der Waals surface area contributed by atoms with E-state index in [1.807, 2.05) is 0 Å². The number of rotatable bonds is 1. The lowest BCUT2D eigenvalue weighted by atomic mass is 9.58. The molecule has 2 fully saturated rings. The Labute approximate surface area is 87.2 Å². The fourth-order valence-corrected chi connectivity index (χ4v) is 3.42. The average molecular weight is 197 g/mol. The minimum Gasteiger partial charge on any atom is -0.369 e. The van der Waals surface area contributed by atoms with Crippen LogP contribution in [-0.2, 0) is 4.74 Å². The van der Waals surface area contributed by atoms with Crippen molar-refractivity contribution in [2.45, 2.75) is 58.6 Å². The summed E-state index contributed by atoms with van der Waals surface area (Å²) >= 11 is 0. The second kappa shape index (κ2) is 2.73. The third kappa shape index (κ3) is 1.59. The quantitative estimate of drug-likeness (QED) is 0.655. The molecule has 2 N–H and O–H groups in total. The van der Waals surface area contributed by atoms with Gasteiger partial charge in [0.05, 0.1) is 12.2 Å². The molecule has 2 heteroatoms. The molecule has 0 amide bonds. The third-order valence-corrected chi connectivity index (χ3v) is 4.25. The van der Waals surface area contributed by atoms with Crippen LogP contribution in [0.25, 0.3) is 0 Å². The van der Waals surface area contributed by atoms with Crippen molar-refractivity contribution in [2.24, 2.45) is 16.6 Å². The standard InChI is InChI=1S/C12H23NO/c1-10(2)5-9(13)6-11(3,7-10)12(4)8-14-12/h9H,5-8,13H2,1-4H3. The monoisotopic (exact) mass is 197 g/mol. The summed E-state index contributed by atoms with van der Waals surface area (Å²) in [4.78, 5) is 0. The molecular weight excluding hydrogens is 174 g/mol. The number of epoxide rings is 1. The number of ether oxygens (including phenoxy) is 1. The molecule has 2 rings (SSSR count). The van der Waals surface area contributed by atoms with Crippen LogP contribution in [0.5, 0.6) is 0 Å². The molecule has 1 heterocycles. The van der Waals surface area contributed by atoms with Crippen LogP contribution in [0, 0.1) is 10.8 Å². The number of hydrogen-bond donors (Lipinski definition) is 1. The molecule has 82 valence electrons. The lowest BCUT2D eigenvalue weighted by molar-refractivity contribution is 0.0168. The molecule has 2 nitrogen and oxygen atoms in total. The molecule has 0 aromatic carbocycles. The van der Waals surface area contributed by atoms with Crippen molar-refractivity contribution in [3.05, 3.63) is 0 Å². The zero-order valence-corrected chi connectivity index (χ0v) is 9.89. The Morgan fingerprint density at radius 1 is 1.14 bits per heavy atom. The highest BCUT2D eigenvalue weighted by molar-refractivity contribution is 5.08. The Kier molecular flexibility index (Phi) is 2.04. The van der Waals surface area contributed by atoms with Gasteiger partial charge in [-0.05, 0) is 31.6 Å². The summed E-state index contributed by atoms with van der Waals surface area (Å²) in [5, 5.41) is 0. The predicted octanol–water partition coefficient (Wildman–Crippen LogP) is 2.32. The summed E-state index contributed by atoms with van der Waals surface area (Å²) < 4.78 is 5.62. The minimum absolute atomic E-state index is 0.113. The molecule has 0 bridgehead atoms. The van der Waals surface area contributed by atoms with Gasteiger partial charge in [-0.3, -0.25) is 0 Å². The Hall–Kier alpha value is -0.0800. The fraction of sp³-hybridized carbons (Fsp3) is 1.00. The first-order valence-corrected chi connectivity index (χ1v) is 5.66. The molecule has 14 heavy (non-hydrogen) atoms. The molecular formula is C12H23NO. The van der Waals surface area contributed by atoms with E-state index in [0.29, 0.717) is 11.5 Å². The SMILES string of the molecule is CC1(C)CC(N)CC(C)(C2(C)CO2)C1. The van der Waals surface area contributed by atoms with Gasteiger partial charge in [0.15, 0.2) is 0 Å². The van der Waals surface area contributed by atoms with E-state index in [2.05, 4.69) is 27.7 Å². The Bertz CT molecular complexity index is 245. The van der Waals surface area contributed by atoms with Gasteiger partial charge in [0.1, 0.15) is 0 Å². The zero-order chi connectivity index (χ0) is 10.6. The van der Waals surface area contributed by atoms with Gasteiger partial charge in [0, 0.05) is 11.5 Å². The normalized spacial score (nSPS) is 51.6. The maximum Gasteiger partial charge on any atom is 0.0942 e. The van der Waals surface area contributed by atoms with Crippen molar-refractivity contribution < 1.29 is 4.74 Å². The first-order valence-electron chi connectivity index (χ1n) is 5.66. The molecule has 1 aliphatic carbocycles. The van der Waals surface area contributed by atoms with Gasteiger partial charge in [-0.2, -0.15) is 0 Å². The van der Waals surface area contributed by atoms with Crippen molar-refractivity contribution >= 4 is 0 Å². The number of hydrogen-bond acceptors (Lipinski definition) is 2. The summed E-state index contributed by atoms with van der Waals surface area (Å²) in [6, 6.07) is 0.352. The molecule has 3 atom stereocenters. The molecule has 0 radical (unpaired) electrons. The van der Waals surface area contributed by atoms with Crippen LogP contribution in [0.3, 0.4) is 0 Å². The fourth-order valence-electron chi connectivity index (χ4n) is 3.42. The van der Waals surface area contributed by atoms with Crippen LogP contribution >= 0.6 is 0 Å². The Balaban J connectivity index is 2.19. The van der Waals surface area contributed by atoms with Crippen LogP contribution in [0.1, 0.15) is 47.0 Å².